The minimum atomic E-state index is 0.322. The molecule has 0 fully saturated rings. The maximum Gasteiger partial charge on any atom is 0.115 e. The minimum absolute atomic E-state index is 0.322. The monoisotopic (exact) mass is 422 g/mol. The van der Waals surface area contributed by atoms with Gasteiger partial charge in [0.2, 0.25) is 0 Å². The van der Waals surface area contributed by atoms with Crippen molar-refractivity contribution in [3.63, 3.8) is 0 Å². The Labute approximate surface area is 191 Å². The van der Waals surface area contributed by atoms with E-state index in [9.17, 15) is 0 Å². The van der Waals surface area contributed by atoms with Gasteiger partial charge in [0, 0.05) is 0 Å². The van der Waals surface area contributed by atoms with Crippen LogP contribution in [0.25, 0.3) is 11.1 Å². The molecule has 4 aromatic carbocycles. The molecule has 0 amide bonds. The summed E-state index contributed by atoms with van der Waals surface area (Å²) in [7, 11) is 0. The van der Waals surface area contributed by atoms with Gasteiger partial charge in [0.15, 0.2) is 0 Å². The van der Waals surface area contributed by atoms with E-state index < -0.39 is 0 Å². The zero-order valence-electron chi connectivity index (χ0n) is 18.3. The zero-order valence-corrected chi connectivity index (χ0v) is 18.3. The Morgan fingerprint density at radius 2 is 0.781 bits per heavy atom. The number of aromatic hydroxyl groups is 2. The number of phenols is 2. The Bertz CT molecular complexity index is 981. The normalized spacial score (nSPS) is 9.38. The van der Waals surface area contributed by atoms with Crippen LogP contribution in [0.1, 0.15) is 11.1 Å². The summed E-state index contributed by atoms with van der Waals surface area (Å²) < 4.78 is 0. The second-order valence-electron chi connectivity index (χ2n) is 6.97. The second-order valence-corrected chi connectivity index (χ2v) is 6.97. The Balaban J connectivity index is 0.000000211. The lowest BCUT2D eigenvalue weighted by molar-refractivity contribution is 0.475. The first-order valence-electron chi connectivity index (χ1n) is 10.5. The molecule has 0 aromatic heterocycles. The highest BCUT2D eigenvalue weighted by Gasteiger charge is 2.06. The molecular weight excluding hydrogens is 392 g/mol. The number of rotatable bonds is 5. The quantitative estimate of drug-likeness (QED) is 0.325. The molecule has 0 atom stereocenters. The van der Waals surface area contributed by atoms with Crippen molar-refractivity contribution in [1.82, 2.24) is 0 Å². The lowest BCUT2D eigenvalue weighted by atomic mass is 9.93. The topological polar surface area (TPSA) is 40.5 Å². The predicted molar refractivity (Wildman–Crippen MR) is 136 cm³/mol. The van der Waals surface area contributed by atoms with Crippen LogP contribution in [0.15, 0.2) is 135 Å². The molecule has 0 spiro atoms. The maximum atomic E-state index is 8.63. The average Bonchev–Trinajstić information content (AvgIpc) is 2.82. The zero-order chi connectivity index (χ0) is 23.0. The Morgan fingerprint density at radius 3 is 1.06 bits per heavy atom. The van der Waals surface area contributed by atoms with Crippen LogP contribution in [-0.4, -0.2) is 10.2 Å². The highest BCUT2D eigenvalue weighted by Crippen LogP contribution is 2.28. The van der Waals surface area contributed by atoms with Crippen molar-refractivity contribution in [2.24, 2.45) is 0 Å². The Morgan fingerprint density at radius 1 is 0.469 bits per heavy atom. The lowest BCUT2D eigenvalue weighted by Gasteiger charge is -2.12. The van der Waals surface area contributed by atoms with Crippen molar-refractivity contribution < 1.29 is 10.2 Å². The minimum Gasteiger partial charge on any atom is -0.508 e. The third-order valence-electron chi connectivity index (χ3n) is 4.57. The molecule has 0 radical (unpaired) electrons. The fourth-order valence-electron chi connectivity index (χ4n) is 3.09. The summed E-state index contributed by atoms with van der Waals surface area (Å²) in [6, 6.07) is 34.5. The molecule has 2 heteroatoms. The van der Waals surface area contributed by atoms with Crippen LogP contribution >= 0.6 is 0 Å². The summed E-state index contributed by atoms with van der Waals surface area (Å²) >= 11 is 0. The Hall–Kier alpha value is -4.04. The molecule has 0 heterocycles. The van der Waals surface area contributed by atoms with Gasteiger partial charge >= 0.3 is 0 Å². The van der Waals surface area contributed by atoms with E-state index in [0.717, 1.165) is 12.8 Å². The number of benzene rings is 4. The largest absolute Gasteiger partial charge is 0.508 e. The number of hydrogen-bond acceptors (Lipinski definition) is 2. The van der Waals surface area contributed by atoms with Crippen molar-refractivity contribution in [3.8, 4) is 22.6 Å². The number of hydrogen-bond donors (Lipinski definition) is 2. The summed E-state index contributed by atoms with van der Waals surface area (Å²) in [6.45, 7) is 7.67. The third kappa shape index (κ3) is 8.37. The molecule has 4 rings (SSSR count). The van der Waals surface area contributed by atoms with Gasteiger partial charge in [0.1, 0.15) is 11.5 Å². The first kappa shape index (κ1) is 24.2. The van der Waals surface area contributed by atoms with E-state index >= 15 is 0 Å². The van der Waals surface area contributed by atoms with Gasteiger partial charge < -0.3 is 10.2 Å². The molecule has 4 aromatic rings. The van der Waals surface area contributed by atoms with Gasteiger partial charge in [-0.25, -0.2) is 0 Å². The number of allylic oxidation sites excluding steroid dienone is 2. The summed E-state index contributed by atoms with van der Waals surface area (Å²) in [4.78, 5) is 0. The van der Waals surface area contributed by atoms with Gasteiger partial charge in [-0.05, 0) is 59.4 Å². The molecule has 32 heavy (non-hydrogen) atoms. The summed E-state index contributed by atoms with van der Waals surface area (Å²) in [5.41, 5.74) is 5.25. The third-order valence-corrected chi connectivity index (χ3v) is 4.57. The molecule has 0 saturated heterocycles. The number of phenolic OH excluding ortho intramolecular Hbond substituents is 2. The molecule has 0 unspecified atom stereocenters. The molecule has 2 N–H and O–H groups in total. The highest BCUT2D eigenvalue weighted by molar-refractivity contribution is 5.71. The van der Waals surface area contributed by atoms with Crippen molar-refractivity contribution in [2.75, 3.05) is 0 Å². The van der Waals surface area contributed by atoms with Crippen LogP contribution in [0.3, 0.4) is 0 Å². The standard InChI is InChI=1S/C18H18.2C6H6O/c1-3-9-15-11-5-7-13-17(15)18-14-8-6-12-16(18)10-4-2;2*7-6-4-2-1-3-5-6/h3-8,11-14H,1-2,9-10H2;2*1-5,7H. The average molecular weight is 423 g/mol. The molecule has 0 aliphatic heterocycles. The first-order chi connectivity index (χ1) is 15.7. The van der Waals surface area contributed by atoms with Gasteiger partial charge in [-0.3, -0.25) is 0 Å². The van der Waals surface area contributed by atoms with Gasteiger partial charge in [0.05, 0.1) is 0 Å². The Kier molecular flexibility index (Phi) is 10.6. The second kappa shape index (κ2) is 14.1. The van der Waals surface area contributed by atoms with Crippen LogP contribution < -0.4 is 0 Å². The van der Waals surface area contributed by atoms with Crippen LogP contribution in [0.5, 0.6) is 11.5 Å². The SMILES string of the molecule is C=CCc1ccccc1-c1ccccc1CC=C.Oc1ccccc1.Oc1ccccc1. The molecule has 0 saturated carbocycles. The fraction of sp³-hybridized carbons (Fsp3) is 0.0667. The van der Waals surface area contributed by atoms with E-state index in [2.05, 4.69) is 61.7 Å². The van der Waals surface area contributed by atoms with Crippen LogP contribution in [0.2, 0.25) is 0 Å². The van der Waals surface area contributed by atoms with Crippen molar-refractivity contribution >= 4 is 0 Å². The maximum absolute atomic E-state index is 8.63. The van der Waals surface area contributed by atoms with Crippen molar-refractivity contribution in [1.29, 1.82) is 0 Å². The smallest absolute Gasteiger partial charge is 0.115 e. The highest BCUT2D eigenvalue weighted by atomic mass is 16.3. The van der Waals surface area contributed by atoms with Gasteiger partial charge in [-0.2, -0.15) is 0 Å². The van der Waals surface area contributed by atoms with Gasteiger partial charge in [-0.15, -0.1) is 13.2 Å². The van der Waals surface area contributed by atoms with Crippen LogP contribution in [0.4, 0.5) is 0 Å². The van der Waals surface area contributed by atoms with E-state index in [4.69, 9.17) is 10.2 Å². The van der Waals surface area contributed by atoms with E-state index in [1.165, 1.54) is 22.3 Å². The lowest BCUT2D eigenvalue weighted by Crippen LogP contribution is -1.92. The summed E-state index contributed by atoms with van der Waals surface area (Å²) in [5.74, 6) is 0.644. The van der Waals surface area contributed by atoms with Crippen LogP contribution in [0, 0.1) is 0 Å². The molecule has 162 valence electrons. The molecular formula is C30H30O2. The van der Waals surface area contributed by atoms with Gasteiger partial charge in [-0.1, -0.05) is 97.1 Å². The molecule has 0 bridgehead atoms. The van der Waals surface area contributed by atoms with E-state index in [1.54, 1.807) is 48.5 Å². The fourth-order valence-corrected chi connectivity index (χ4v) is 3.09. The summed E-state index contributed by atoms with van der Waals surface area (Å²) in [5, 5.41) is 17.3. The van der Waals surface area contributed by atoms with E-state index in [0.29, 0.717) is 11.5 Å². The van der Waals surface area contributed by atoms with Crippen molar-refractivity contribution in [2.45, 2.75) is 12.8 Å². The van der Waals surface area contributed by atoms with E-state index in [-0.39, 0.29) is 0 Å². The number of para-hydroxylation sites is 2. The van der Waals surface area contributed by atoms with E-state index in [1.807, 2.05) is 24.3 Å². The summed E-state index contributed by atoms with van der Waals surface area (Å²) in [6.07, 6.45) is 5.71. The molecule has 0 aliphatic rings. The predicted octanol–water partition coefficient (Wildman–Crippen LogP) is 7.60. The molecule has 2 nitrogen and oxygen atoms in total. The van der Waals surface area contributed by atoms with Crippen LogP contribution in [-0.2, 0) is 12.8 Å². The molecule has 0 aliphatic carbocycles. The van der Waals surface area contributed by atoms with Gasteiger partial charge in [0.25, 0.3) is 0 Å². The first-order valence-corrected chi connectivity index (χ1v) is 10.5. The van der Waals surface area contributed by atoms with Crippen molar-refractivity contribution in [3.05, 3.63) is 146 Å².